The van der Waals surface area contributed by atoms with E-state index in [4.69, 9.17) is 17.1 Å². The van der Waals surface area contributed by atoms with Crippen molar-refractivity contribution in [2.45, 2.75) is 13.3 Å². The zero-order valence-electron chi connectivity index (χ0n) is 5.55. The molecule has 0 N–H and O–H groups in total. The van der Waals surface area contributed by atoms with Crippen LogP contribution in [0.15, 0.2) is 11.3 Å². The van der Waals surface area contributed by atoms with Gasteiger partial charge in [-0.1, -0.05) is 6.92 Å². The zero-order chi connectivity index (χ0) is 7.98. The lowest BCUT2D eigenvalue weighted by Gasteiger charge is -1.88. The normalized spacial score (nSPS) is 10.2. The maximum Gasteiger partial charge on any atom is 0.261 e. The topological polar surface area (TPSA) is 51.9 Å². The second-order valence-corrected chi connectivity index (χ2v) is 1.69. The fourth-order valence-electron chi connectivity index (χ4n) is 0.418. The molecule has 0 unspecified atom stereocenters. The van der Waals surface area contributed by atoms with Gasteiger partial charge in [-0.3, -0.25) is 0 Å². The Kier molecular flexibility index (Phi) is 3.39. The van der Waals surface area contributed by atoms with E-state index >= 15 is 0 Å². The van der Waals surface area contributed by atoms with Crippen LogP contribution < -0.4 is 0 Å². The first kappa shape index (κ1) is 8.21. The van der Waals surface area contributed by atoms with Gasteiger partial charge < -0.3 is 0 Å². The Balaban J connectivity index is 4.56. The summed E-state index contributed by atoms with van der Waals surface area (Å²) in [5, 5.41) is 16.5. The van der Waals surface area contributed by atoms with Crippen LogP contribution in [0.1, 0.15) is 13.3 Å². The first-order valence-electron chi connectivity index (χ1n) is 2.60. The smallest absolute Gasteiger partial charge is 0.227 e. The molecule has 0 spiro atoms. The van der Waals surface area contributed by atoms with Crippen LogP contribution >= 0.6 is 0 Å². The minimum Gasteiger partial charge on any atom is -0.227 e. The van der Waals surface area contributed by atoms with Crippen molar-refractivity contribution in [1.82, 2.24) is 0 Å². The predicted octanol–water partition coefficient (Wildman–Crippen LogP) is 1.62. The molecule has 0 aliphatic carbocycles. The number of rotatable bonds is 1. The predicted molar refractivity (Wildman–Crippen MR) is 35.1 cm³/mol. The molecule has 3 heteroatoms. The average molecular weight is 131 g/mol. The molecule has 3 nitrogen and oxygen atoms in total. The van der Waals surface area contributed by atoms with E-state index in [1.807, 2.05) is 6.07 Å². The van der Waals surface area contributed by atoms with Crippen LogP contribution in [0, 0.1) is 29.2 Å². The van der Waals surface area contributed by atoms with Gasteiger partial charge in [0.2, 0.25) is 0 Å². The van der Waals surface area contributed by atoms with Gasteiger partial charge in [0.15, 0.2) is 0 Å². The quantitative estimate of drug-likeness (QED) is 0.401. The fourth-order valence-corrected chi connectivity index (χ4v) is 0.418. The van der Waals surface area contributed by atoms with E-state index in [2.05, 4.69) is 4.85 Å². The Hall–Kier alpha value is -1.79. The molecule has 0 saturated heterocycles. The summed E-state index contributed by atoms with van der Waals surface area (Å²) < 4.78 is 0. The lowest BCUT2D eigenvalue weighted by Crippen LogP contribution is -1.78. The standard InChI is InChI=1S/C7H5N3/c1-6(3-4-8)7(5-9)10-2/h3H2,1H3. The second kappa shape index (κ2) is 4.13. The molecular formula is C7H5N3. The van der Waals surface area contributed by atoms with E-state index in [1.165, 1.54) is 0 Å². The highest BCUT2D eigenvalue weighted by atomic mass is 14.7. The number of hydrogen-bond donors (Lipinski definition) is 0. The second-order valence-electron chi connectivity index (χ2n) is 1.69. The van der Waals surface area contributed by atoms with Crippen molar-refractivity contribution >= 4 is 0 Å². The van der Waals surface area contributed by atoms with Gasteiger partial charge in [-0.25, -0.2) is 10.1 Å². The molecule has 0 heterocycles. The van der Waals surface area contributed by atoms with Crippen molar-refractivity contribution in [3.05, 3.63) is 22.7 Å². The molecule has 0 aliphatic rings. The lowest BCUT2D eigenvalue weighted by molar-refractivity contribution is 1.19. The van der Waals surface area contributed by atoms with Crippen LogP contribution in [0.3, 0.4) is 0 Å². The lowest BCUT2D eigenvalue weighted by atomic mass is 10.2. The summed E-state index contributed by atoms with van der Waals surface area (Å²) in [6, 6.07) is 3.57. The maximum atomic E-state index is 8.29. The van der Waals surface area contributed by atoms with Gasteiger partial charge in [-0.05, 0) is 5.57 Å². The van der Waals surface area contributed by atoms with Gasteiger partial charge in [0.05, 0.1) is 18.7 Å². The van der Waals surface area contributed by atoms with Crippen molar-refractivity contribution in [2.75, 3.05) is 0 Å². The molecule has 0 radical (unpaired) electrons. The van der Waals surface area contributed by atoms with E-state index in [0.29, 0.717) is 5.57 Å². The Morgan fingerprint density at radius 1 is 1.60 bits per heavy atom. The van der Waals surface area contributed by atoms with Gasteiger partial charge in [-0.2, -0.15) is 5.26 Å². The molecule has 0 bridgehead atoms. The van der Waals surface area contributed by atoms with Crippen molar-refractivity contribution in [3.8, 4) is 12.1 Å². The van der Waals surface area contributed by atoms with E-state index in [9.17, 15) is 0 Å². The third kappa shape index (κ3) is 1.99. The largest absolute Gasteiger partial charge is 0.261 e. The summed E-state index contributed by atoms with van der Waals surface area (Å²) in [6.45, 7) is 8.11. The fraction of sp³-hybridized carbons (Fsp3) is 0.286. The first-order chi connectivity index (χ1) is 4.76. The Morgan fingerprint density at radius 2 is 2.20 bits per heavy atom. The Morgan fingerprint density at radius 3 is 2.50 bits per heavy atom. The minimum atomic E-state index is 0.0292. The summed E-state index contributed by atoms with van der Waals surface area (Å²) in [7, 11) is 0. The highest BCUT2D eigenvalue weighted by Gasteiger charge is 1.98. The Bertz CT molecular complexity index is 251. The summed E-state index contributed by atoms with van der Waals surface area (Å²) >= 11 is 0. The molecule has 0 aromatic rings. The molecular weight excluding hydrogens is 126 g/mol. The first-order valence-corrected chi connectivity index (χ1v) is 2.60. The summed E-state index contributed by atoms with van der Waals surface area (Å²) in [5.41, 5.74) is 0.571. The van der Waals surface area contributed by atoms with Crippen molar-refractivity contribution in [2.24, 2.45) is 0 Å². The molecule has 0 aromatic heterocycles. The van der Waals surface area contributed by atoms with E-state index in [0.717, 1.165) is 0 Å². The van der Waals surface area contributed by atoms with Crippen molar-refractivity contribution < 1.29 is 0 Å². The number of hydrogen-bond acceptors (Lipinski definition) is 2. The molecule has 0 aliphatic heterocycles. The van der Waals surface area contributed by atoms with Crippen LogP contribution in [0.25, 0.3) is 4.85 Å². The highest BCUT2D eigenvalue weighted by molar-refractivity contribution is 5.33. The van der Waals surface area contributed by atoms with Gasteiger partial charge in [0.25, 0.3) is 5.70 Å². The van der Waals surface area contributed by atoms with Crippen LogP contribution in [-0.4, -0.2) is 0 Å². The molecule has 0 rings (SSSR count). The third-order valence-electron chi connectivity index (χ3n) is 0.966. The van der Waals surface area contributed by atoms with Crippen molar-refractivity contribution in [3.63, 3.8) is 0 Å². The molecule has 0 saturated carbocycles. The van der Waals surface area contributed by atoms with Crippen LogP contribution in [0.5, 0.6) is 0 Å². The SMILES string of the molecule is [C-]#[N+]C(C#N)=C(C)CC#N. The molecule has 0 fully saturated rings. The van der Waals surface area contributed by atoms with Gasteiger partial charge in [-0.15, -0.1) is 0 Å². The molecule has 0 amide bonds. The van der Waals surface area contributed by atoms with E-state index in [1.54, 1.807) is 13.0 Å². The van der Waals surface area contributed by atoms with E-state index < -0.39 is 0 Å². The third-order valence-corrected chi connectivity index (χ3v) is 0.966. The Labute approximate surface area is 59.6 Å². The number of nitriles is 2. The molecule has 0 atom stereocenters. The monoisotopic (exact) mass is 131 g/mol. The number of allylic oxidation sites excluding steroid dienone is 2. The van der Waals surface area contributed by atoms with Gasteiger partial charge in [0, 0.05) is 6.42 Å². The van der Waals surface area contributed by atoms with Gasteiger partial charge >= 0.3 is 0 Å². The molecule has 48 valence electrons. The van der Waals surface area contributed by atoms with Crippen LogP contribution in [0.4, 0.5) is 0 Å². The average Bonchev–Trinajstić information content (AvgIpc) is 1.91. The molecule has 10 heavy (non-hydrogen) atoms. The summed E-state index contributed by atoms with van der Waals surface area (Å²) in [5.74, 6) is 0. The zero-order valence-corrected chi connectivity index (χ0v) is 5.55. The summed E-state index contributed by atoms with van der Waals surface area (Å²) in [6.07, 6.45) is 0.158. The number of nitrogens with zero attached hydrogens (tertiary/aromatic N) is 3. The molecule has 0 aromatic carbocycles. The maximum absolute atomic E-state index is 8.29. The van der Waals surface area contributed by atoms with E-state index in [-0.39, 0.29) is 12.1 Å². The minimum absolute atomic E-state index is 0.0292. The van der Waals surface area contributed by atoms with Gasteiger partial charge in [0.1, 0.15) is 0 Å². The highest BCUT2D eigenvalue weighted by Crippen LogP contribution is 2.06. The summed E-state index contributed by atoms with van der Waals surface area (Å²) in [4.78, 5) is 2.94. The van der Waals surface area contributed by atoms with Crippen LogP contribution in [0.2, 0.25) is 0 Å². The van der Waals surface area contributed by atoms with Crippen molar-refractivity contribution in [1.29, 1.82) is 10.5 Å². The van der Waals surface area contributed by atoms with Crippen LogP contribution in [-0.2, 0) is 0 Å².